The monoisotopic (exact) mass is 371 g/mol. The number of aromatic hydroxyl groups is 1. The van der Waals surface area contributed by atoms with E-state index >= 15 is 0 Å². The second-order valence-corrected chi connectivity index (χ2v) is 7.70. The number of aromatic nitrogens is 2. The van der Waals surface area contributed by atoms with Gasteiger partial charge in [-0.05, 0) is 18.6 Å². The Balaban J connectivity index is 2.60. The van der Waals surface area contributed by atoms with E-state index < -0.39 is 15.6 Å². The number of hydrogen-bond acceptors (Lipinski definition) is 6. The van der Waals surface area contributed by atoms with E-state index in [0.717, 1.165) is 17.4 Å². The molecule has 0 radical (unpaired) electrons. The lowest BCUT2D eigenvalue weighted by Gasteiger charge is -2.15. The smallest absolute Gasteiger partial charge is 0.220 e. The van der Waals surface area contributed by atoms with Crippen molar-refractivity contribution in [2.75, 3.05) is 18.1 Å². The van der Waals surface area contributed by atoms with Crippen LogP contribution >= 0.6 is 11.6 Å². The fourth-order valence-corrected chi connectivity index (χ4v) is 3.43. The molecule has 2 N–H and O–H groups in total. The average Bonchev–Trinajstić information content (AvgIpc) is 2.84. The van der Waals surface area contributed by atoms with E-state index in [9.17, 15) is 18.3 Å². The second-order valence-electron chi connectivity index (χ2n) is 5.33. The molecule has 24 heavy (non-hydrogen) atoms. The molecule has 0 aliphatic carbocycles. The Morgan fingerprint density at radius 1 is 1.38 bits per heavy atom. The summed E-state index contributed by atoms with van der Waals surface area (Å²) in [6.45, 7) is 2.42. The van der Waals surface area contributed by atoms with E-state index in [4.69, 9.17) is 11.6 Å². The molecule has 130 valence electrons. The number of aryl methyl sites for hydroxylation is 1. The van der Waals surface area contributed by atoms with Gasteiger partial charge in [0, 0.05) is 25.4 Å². The van der Waals surface area contributed by atoms with E-state index in [1.54, 1.807) is 0 Å². The van der Waals surface area contributed by atoms with Crippen molar-refractivity contribution in [3.05, 3.63) is 34.5 Å². The number of rotatable bonds is 6. The number of benzene rings is 1. The average molecular weight is 372 g/mol. The van der Waals surface area contributed by atoms with E-state index in [0.29, 0.717) is 6.54 Å². The van der Waals surface area contributed by atoms with Crippen LogP contribution in [0.4, 0.5) is 5.69 Å². The normalized spacial score (nSPS) is 11.5. The molecule has 0 aliphatic heterocycles. The summed E-state index contributed by atoms with van der Waals surface area (Å²) in [6, 6.07) is 2.67. The molecule has 0 spiro atoms. The van der Waals surface area contributed by atoms with Gasteiger partial charge >= 0.3 is 0 Å². The second kappa shape index (κ2) is 6.82. The Hall–Kier alpha value is -2.06. The fourth-order valence-electron chi connectivity index (χ4n) is 2.19. The Morgan fingerprint density at radius 3 is 2.54 bits per heavy atom. The van der Waals surface area contributed by atoms with Crippen molar-refractivity contribution in [1.82, 2.24) is 9.78 Å². The van der Waals surface area contributed by atoms with E-state index in [1.165, 1.54) is 25.4 Å². The number of carbonyl (C=O) groups excluding carboxylic acids is 1. The van der Waals surface area contributed by atoms with Crippen LogP contribution < -0.4 is 5.32 Å². The highest BCUT2D eigenvalue weighted by Gasteiger charge is 2.24. The Kier molecular flexibility index (Phi) is 5.19. The lowest BCUT2D eigenvalue weighted by molar-refractivity contribution is 0.103. The zero-order valence-electron chi connectivity index (χ0n) is 13.5. The first kappa shape index (κ1) is 18.3. The minimum absolute atomic E-state index is 0.000344. The molecule has 0 saturated carbocycles. The zero-order chi connectivity index (χ0) is 18.1. The molecule has 0 aliphatic rings. The Morgan fingerprint density at radius 2 is 2.04 bits per heavy atom. The lowest BCUT2D eigenvalue weighted by Crippen LogP contribution is -2.11. The molecule has 0 amide bonds. The van der Waals surface area contributed by atoms with Crippen molar-refractivity contribution in [1.29, 1.82) is 0 Å². The molecule has 2 aromatic rings. The zero-order valence-corrected chi connectivity index (χ0v) is 15.1. The number of nitrogens with zero attached hydrogens (tertiary/aromatic N) is 2. The van der Waals surface area contributed by atoms with Gasteiger partial charge in [-0.1, -0.05) is 18.5 Å². The van der Waals surface area contributed by atoms with Crippen molar-refractivity contribution in [2.24, 2.45) is 7.05 Å². The third-order valence-corrected chi connectivity index (χ3v) is 4.98. The highest BCUT2D eigenvalue weighted by atomic mass is 35.5. The van der Waals surface area contributed by atoms with E-state index in [1.807, 2.05) is 6.92 Å². The molecule has 2 rings (SSSR count). The summed E-state index contributed by atoms with van der Waals surface area (Å²) >= 11 is 6.30. The molecule has 0 bridgehead atoms. The van der Waals surface area contributed by atoms with Gasteiger partial charge in [-0.3, -0.25) is 4.79 Å². The summed E-state index contributed by atoms with van der Waals surface area (Å²) < 4.78 is 25.0. The van der Waals surface area contributed by atoms with Crippen LogP contribution in [0.25, 0.3) is 0 Å². The summed E-state index contributed by atoms with van der Waals surface area (Å²) in [5.41, 5.74) is 0.272. The van der Waals surface area contributed by atoms with Crippen LogP contribution in [-0.4, -0.2) is 41.9 Å². The van der Waals surface area contributed by atoms with Crippen LogP contribution in [-0.2, 0) is 16.9 Å². The first-order valence-corrected chi connectivity index (χ1v) is 9.47. The lowest BCUT2D eigenvalue weighted by atomic mass is 10.0. The maximum Gasteiger partial charge on any atom is 0.220 e. The standard InChI is InChI=1S/C15H18ClN3O4S/c1-4-7-17-13-11(24(3,22)23)6-5-9(12(13)16)14(20)10-8-18-19(2)15(10)21/h5-6,8,17,21H,4,7H2,1-3H3. The largest absolute Gasteiger partial charge is 0.493 e. The highest BCUT2D eigenvalue weighted by molar-refractivity contribution is 7.90. The summed E-state index contributed by atoms with van der Waals surface area (Å²) in [7, 11) is -2.03. The third-order valence-electron chi connectivity index (χ3n) is 3.45. The van der Waals surface area contributed by atoms with Gasteiger partial charge in [0.05, 0.1) is 21.8 Å². The minimum Gasteiger partial charge on any atom is -0.493 e. The number of carbonyl (C=O) groups is 1. The van der Waals surface area contributed by atoms with Crippen molar-refractivity contribution in [2.45, 2.75) is 18.2 Å². The number of halogens is 1. The summed E-state index contributed by atoms with van der Waals surface area (Å²) in [6.07, 6.45) is 3.06. The van der Waals surface area contributed by atoms with Crippen LogP contribution in [0, 0.1) is 0 Å². The molecule has 0 unspecified atom stereocenters. The predicted octanol–water partition coefficient (Wildman–Crippen LogP) is 2.24. The first-order chi connectivity index (χ1) is 11.2. The molecule has 1 aromatic carbocycles. The molecule has 1 heterocycles. The van der Waals surface area contributed by atoms with Gasteiger partial charge in [0.25, 0.3) is 0 Å². The maximum absolute atomic E-state index is 12.6. The highest BCUT2D eigenvalue weighted by Crippen LogP contribution is 2.35. The van der Waals surface area contributed by atoms with Crippen LogP contribution in [0.2, 0.25) is 5.02 Å². The number of hydrogen-bond donors (Lipinski definition) is 2. The SMILES string of the molecule is CCCNc1c(S(C)(=O)=O)ccc(C(=O)c2cnn(C)c2O)c1Cl. The maximum atomic E-state index is 12.6. The van der Waals surface area contributed by atoms with Gasteiger partial charge in [-0.25, -0.2) is 13.1 Å². The molecule has 9 heteroatoms. The van der Waals surface area contributed by atoms with Crippen LogP contribution in [0.15, 0.2) is 23.2 Å². The van der Waals surface area contributed by atoms with Crippen molar-refractivity contribution < 1.29 is 18.3 Å². The Bertz CT molecular complexity index is 890. The quantitative estimate of drug-likeness (QED) is 0.755. The summed E-state index contributed by atoms with van der Waals surface area (Å²) in [5.74, 6) is -0.823. The molecule has 7 nitrogen and oxygen atoms in total. The number of ketones is 1. The van der Waals surface area contributed by atoms with Gasteiger partial charge in [0.1, 0.15) is 5.56 Å². The molecular formula is C15H18ClN3O4S. The molecule has 0 fully saturated rings. The van der Waals surface area contributed by atoms with Gasteiger partial charge in [-0.15, -0.1) is 0 Å². The van der Waals surface area contributed by atoms with Crippen LogP contribution in [0.3, 0.4) is 0 Å². The molecule has 0 saturated heterocycles. The van der Waals surface area contributed by atoms with Crippen molar-refractivity contribution in [3.63, 3.8) is 0 Å². The molecule has 1 aromatic heterocycles. The van der Waals surface area contributed by atoms with Crippen LogP contribution in [0.5, 0.6) is 5.88 Å². The van der Waals surface area contributed by atoms with Crippen molar-refractivity contribution in [3.8, 4) is 5.88 Å². The topological polar surface area (TPSA) is 101 Å². The van der Waals surface area contributed by atoms with Crippen molar-refractivity contribution >= 4 is 32.9 Å². The minimum atomic E-state index is -3.52. The Labute approximate surface area is 145 Å². The summed E-state index contributed by atoms with van der Waals surface area (Å²) in [4.78, 5) is 12.6. The third kappa shape index (κ3) is 3.39. The van der Waals surface area contributed by atoms with E-state index in [2.05, 4.69) is 10.4 Å². The number of sulfone groups is 1. The summed E-state index contributed by atoms with van der Waals surface area (Å²) in [5, 5.41) is 16.6. The number of anilines is 1. The number of nitrogens with one attached hydrogen (secondary N) is 1. The fraction of sp³-hybridized carbons (Fsp3) is 0.333. The first-order valence-electron chi connectivity index (χ1n) is 7.20. The molecule has 0 atom stereocenters. The van der Waals surface area contributed by atoms with Gasteiger partial charge < -0.3 is 10.4 Å². The predicted molar refractivity (Wildman–Crippen MR) is 91.6 cm³/mol. The van der Waals surface area contributed by atoms with E-state index in [-0.39, 0.29) is 32.6 Å². The van der Waals surface area contributed by atoms with Gasteiger partial charge in [0.2, 0.25) is 11.7 Å². The van der Waals surface area contributed by atoms with Gasteiger partial charge in [0.15, 0.2) is 9.84 Å². The van der Waals surface area contributed by atoms with Crippen LogP contribution in [0.1, 0.15) is 29.3 Å². The van der Waals surface area contributed by atoms with Gasteiger partial charge in [-0.2, -0.15) is 5.10 Å². The molecular weight excluding hydrogens is 354 g/mol.